The van der Waals surface area contributed by atoms with Gasteiger partial charge in [0.25, 0.3) is 0 Å². The Morgan fingerprint density at radius 1 is 0.459 bits per heavy atom. The summed E-state index contributed by atoms with van der Waals surface area (Å²) in [6.45, 7) is 33.8. The van der Waals surface area contributed by atoms with Gasteiger partial charge in [0.2, 0.25) is 0 Å². The fourth-order valence-corrected chi connectivity index (χ4v) is 14.6. The maximum absolute atomic E-state index is 3.03. The molecule has 3 nitrogen and oxygen atoms in total. The molecule has 14 rings (SSSR count). The number of anilines is 1. The lowest BCUT2D eigenvalue weighted by Gasteiger charge is -2.54. The Balaban J connectivity index is 1.14. The molecule has 0 saturated heterocycles. The van der Waals surface area contributed by atoms with Gasteiger partial charge in [-0.3, -0.25) is 0 Å². The van der Waals surface area contributed by atoms with E-state index in [1.54, 1.807) is 5.56 Å². The van der Waals surface area contributed by atoms with Crippen LogP contribution in [0, 0.1) is 0 Å². The van der Waals surface area contributed by atoms with Crippen LogP contribution in [0.25, 0.3) is 88.0 Å². The molecule has 1 aliphatic carbocycles. The van der Waals surface area contributed by atoms with E-state index in [1.807, 2.05) is 0 Å². The second kappa shape index (κ2) is 14.7. The third kappa shape index (κ3) is 6.15. The van der Waals surface area contributed by atoms with Crippen LogP contribution in [0.2, 0.25) is 0 Å². The van der Waals surface area contributed by atoms with Crippen LogP contribution < -0.4 is 15.7 Å². The highest BCUT2D eigenvalue weighted by Gasteiger charge is 2.63. The average Bonchev–Trinajstić information content (AvgIpc) is 3.95. The first-order chi connectivity index (χ1) is 34.9. The van der Waals surface area contributed by atoms with Crippen LogP contribution in [0.3, 0.4) is 0 Å². The molecule has 0 bridgehead atoms. The average molecular weight is 966 g/mol. The Morgan fingerprint density at radius 3 is 1.77 bits per heavy atom. The van der Waals surface area contributed by atoms with E-state index >= 15 is 0 Å². The van der Waals surface area contributed by atoms with Gasteiger partial charge in [-0.05, 0) is 174 Å². The highest BCUT2D eigenvalue weighted by molar-refractivity contribution is 6.93. The number of benzene rings is 8. The van der Waals surface area contributed by atoms with Crippen molar-refractivity contribution in [2.45, 2.75) is 155 Å². The number of rotatable bonds is 2. The minimum Gasteiger partial charge on any atom is -0.400 e. The molecule has 1 saturated carbocycles. The summed E-state index contributed by atoms with van der Waals surface area (Å²) in [6.07, 6.45) is 4.86. The first-order valence-corrected chi connectivity index (χ1v) is 27.8. The molecule has 1 fully saturated rings. The number of aromatic nitrogens is 2. The number of hydrogen-bond acceptors (Lipinski definition) is 1. The Labute approximate surface area is 439 Å². The van der Waals surface area contributed by atoms with Gasteiger partial charge < -0.3 is 13.9 Å². The van der Waals surface area contributed by atoms with Crippen molar-refractivity contribution in [2.75, 3.05) is 4.81 Å². The second-order valence-electron chi connectivity index (χ2n) is 27.8. The van der Waals surface area contributed by atoms with Crippen molar-refractivity contribution < 1.29 is 0 Å². The fourth-order valence-electron chi connectivity index (χ4n) is 14.6. The van der Waals surface area contributed by atoms with Crippen molar-refractivity contribution in [3.63, 3.8) is 0 Å². The SMILES string of the molecule is CC(C)(C)c1ccc(-n2c3ccc(C(C)(C)C)cc3c3cc4c(cc32)c2cc(C(C)(C)C)cc3c2n4-c2cc(C(C)(C)C)cc4c2B3N2c3c-4cc(-c4ccc5ccccc5c4)cc3C3(C)CCCCC23C)cc1. The molecule has 2 atom stereocenters. The molecular formula is C70H72BN3. The smallest absolute Gasteiger partial charge is 0.328 e. The summed E-state index contributed by atoms with van der Waals surface area (Å²) in [4.78, 5) is 3.03. The van der Waals surface area contributed by atoms with E-state index in [-0.39, 0.29) is 39.5 Å². The number of nitrogens with zero attached hydrogens (tertiary/aromatic N) is 3. The molecule has 3 aliphatic heterocycles. The van der Waals surface area contributed by atoms with Crippen molar-refractivity contribution >= 4 is 77.8 Å². The summed E-state index contributed by atoms with van der Waals surface area (Å²) in [5.41, 5.74) is 24.4. The Morgan fingerprint density at radius 2 is 1.07 bits per heavy atom. The standard InChI is InChI=1S/C70H72BN3/c1-65(2,3)45-23-26-49(27-24-45)72-58-28-25-46(66(4,5)6)34-50(58)51-39-60-52(40-59(51)72)55-36-47(67(7,8)9)37-57-64(55)73(60)61-38-48(68(10,11)12)35-53-54-32-44(43-22-21-41-19-15-16-20-42(41)31-43)33-56-63(54)74(71(57)62(53)61)70(14)30-18-17-29-69(56,70)13/h15-16,19-28,31-40H,17-18,29-30H2,1-14H3. The lowest BCUT2D eigenvalue weighted by molar-refractivity contribution is 0.199. The first kappa shape index (κ1) is 46.0. The fraction of sp³-hybridized carbons (Fsp3) is 0.343. The van der Waals surface area contributed by atoms with Crippen molar-refractivity contribution in [2.24, 2.45) is 0 Å². The van der Waals surface area contributed by atoms with E-state index in [4.69, 9.17) is 0 Å². The largest absolute Gasteiger partial charge is 0.400 e. The maximum atomic E-state index is 3.03. The number of hydrogen-bond donors (Lipinski definition) is 0. The number of fused-ring (bicyclic) bond motifs is 14. The van der Waals surface area contributed by atoms with E-state index in [0.29, 0.717) is 0 Å². The molecule has 8 aromatic carbocycles. The second-order valence-corrected chi connectivity index (χ2v) is 27.8. The van der Waals surface area contributed by atoms with Crippen LogP contribution in [0.5, 0.6) is 0 Å². The van der Waals surface area contributed by atoms with Gasteiger partial charge in [-0.1, -0.05) is 170 Å². The van der Waals surface area contributed by atoms with Gasteiger partial charge >= 0.3 is 6.85 Å². The Bertz CT molecular complexity index is 4090. The summed E-state index contributed by atoms with van der Waals surface area (Å²) in [5, 5.41) is 7.88. The summed E-state index contributed by atoms with van der Waals surface area (Å²) in [7, 11) is 0. The molecule has 5 heterocycles. The monoisotopic (exact) mass is 966 g/mol. The van der Waals surface area contributed by atoms with Gasteiger partial charge in [0, 0.05) is 55.1 Å². The first-order valence-electron chi connectivity index (χ1n) is 27.8. The third-order valence-corrected chi connectivity index (χ3v) is 19.2. The zero-order valence-corrected chi connectivity index (χ0v) is 46.4. The molecule has 370 valence electrons. The van der Waals surface area contributed by atoms with Gasteiger partial charge in [-0.15, -0.1) is 0 Å². The molecule has 0 spiro atoms. The normalized spacial score (nSPS) is 19.3. The van der Waals surface area contributed by atoms with Gasteiger partial charge in [0.05, 0.1) is 22.1 Å². The zero-order valence-electron chi connectivity index (χ0n) is 46.4. The van der Waals surface area contributed by atoms with Crippen molar-refractivity contribution in [1.82, 2.24) is 9.13 Å². The molecule has 0 N–H and O–H groups in total. The molecule has 2 unspecified atom stereocenters. The Kier molecular flexibility index (Phi) is 9.12. The quantitative estimate of drug-likeness (QED) is 0.157. The molecule has 4 heteroatoms. The van der Waals surface area contributed by atoms with E-state index in [1.165, 1.54) is 153 Å². The minimum absolute atomic E-state index is 0.00146. The summed E-state index contributed by atoms with van der Waals surface area (Å²) in [5.74, 6) is 0. The van der Waals surface area contributed by atoms with Crippen LogP contribution in [0.1, 0.15) is 150 Å². The highest BCUT2D eigenvalue weighted by Crippen LogP contribution is 2.63. The molecule has 10 aromatic rings. The van der Waals surface area contributed by atoms with E-state index in [9.17, 15) is 0 Å². The van der Waals surface area contributed by atoms with Crippen molar-refractivity contribution in [3.8, 4) is 33.6 Å². The minimum atomic E-state index is -0.0937. The molecule has 0 amide bonds. The van der Waals surface area contributed by atoms with Crippen LogP contribution in [-0.2, 0) is 27.1 Å². The highest BCUT2D eigenvalue weighted by atomic mass is 15.2. The third-order valence-electron chi connectivity index (χ3n) is 19.2. The molecule has 0 radical (unpaired) electrons. The molecular weight excluding hydrogens is 894 g/mol. The molecule has 4 aliphatic rings. The summed E-state index contributed by atoms with van der Waals surface area (Å²) >= 11 is 0. The Hall–Kier alpha value is -6.52. The van der Waals surface area contributed by atoms with Crippen LogP contribution in [0.15, 0.2) is 133 Å². The van der Waals surface area contributed by atoms with E-state index in [2.05, 4.69) is 244 Å². The summed E-state index contributed by atoms with van der Waals surface area (Å²) in [6, 6.07) is 53.5. The topological polar surface area (TPSA) is 13.1 Å². The van der Waals surface area contributed by atoms with Gasteiger partial charge in [0.1, 0.15) is 0 Å². The predicted octanol–water partition coefficient (Wildman–Crippen LogP) is 17.4. The van der Waals surface area contributed by atoms with Crippen LogP contribution >= 0.6 is 0 Å². The van der Waals surface area contributed by atoms with Crippen molar-refractivity contribution in [1.29, 1.82) is 0 Å². The van der Waals surface area contributed by atoms with Crippen LogP contribution in [-0.4, -0.2) is 21.5 Å². The maximum Gasteiger partial charge on any atom is 0.328 e. The zero-order chi connectivity index (χ0) is 51.6. The van der Waals surface area contributed by atoms with E-state index < -0.39 is 0 Å². The lowest BCUT2D eigenvalue weighted by atomic mass is 9.42. The lowest BCUT2D eigenvalue weighted by Crippen LogP contribution is -2.70. The van der Waals surface area contributed by atoms with Gasteiger partial charge in [-0.25, -0.2) is 0 Å². The van der Waals surface area contributed by atoms with Gasteiger partial charge in [0.15, 0.2) is 0 Å². The van der Waals surface area contributed by atoms with Crippen LogP contribution in [0.4, 0.5) is 5.69 Å². The van der Waals surface area contributed by atoms with Gasteiger partial charge in [-0.2, -0.15) is 0 Å². The van der Waals surface area contributed by atoms with Crippen molar-refractivity contribution in [3.05, 3.63) is 161 Å². The predicted molar refractivity (Wildman–Crippen MR) is 320 cm³/mol. The molecule has 2 aromatic heterocycles. The summed E-state index contributed by atoms with van der Waals surface area (Å²) < 4.78 is 5.31. The van der Waals surface area contributed by atoms with E-state index in [0.717, 1.165) is 0 Å². The molecule has 74 heavy (non-hydrogen) atoms.